The van der Waals surface area contributed by atoms with Gasteiger partial charge < -0.3 is 9.84 Å². The van der Waals surface area contributed by atoms with Gasteiger partial charge in [0.1, 0.15) is 6.61 Å². The lowest BCUT2D eigenvalue weighted by molar-refractivity contribution is 0.342. The average Bonchev–Trinajstić information content (AvgIpc) is 2.15. The number of hydrogen-bond acceptors (Lipinski definition) is 2. The van der Waals surface area contributed by atoms with E-state index in [9.17, 15) is 5.11 Å². The maximum absolute atomic E-state index is 9.27. The number of alkyl halides is 1. The molecule has 1 aromatic carbocycles. The molecule has 1 N–H and O–H groups in total. The zero-order chi connectivity index (χ0) is 9.52. The predicted octanol–water partition coefficient (Wildman–Crippen LogP) is 2.01. The first-order valence-corrected chi connectivity index (χ1v) is 4.30. The SMILES string of the molecule is Oc1ccccc1OCC#CCCl. The van der Waals surface area contributed by atoms with Crippen LogP contribution in [-0.2, 0) is 0 Å². The number of phenolic OH excluding ortho intramolecular Hbond substituents is 1. The summed E-state index contributed by atoms with van der Waals surface area (Å²) in [5.41, 5.74) is 0. The van der Waals surface area contributed by atoms with Crippen LogP contribution >= 0.6 is 11.6 Å². The summed E-state index contributed by atoms with van der Waals surface area (Å²) in [5, 5.41) is 9.27. The number of ether oxygens (including phenoxy) is 1. The lowest BCUT2D eigenvalue weighted by Gasteiger charge is -2.02. The van der Waals surface area contributed by atoms with Crippen LogP contribution in [0.2, 0.25) is 0 Å². The molecule has 68 valence electrons. The molecule has 0 aromatic heterocycles. The fourth-order valence-corrected chi connectivity index (χ4v) is 0.886. The first-order valence-electron chi connectivity index (χ1n) is 3.77. The van der Waals surface area contributed by atoms with E-state index in [1.165, 1.54) is 0 Å². The van der Waals surface area contributed by atoms with Crippen LogP contribution in [0.1, 0.15) is 0 Å². The summed E-state index contributed by atoms with van der Waals surface area (Å²) in [5.74, 6) is 6.19. The predicted molar refractivity (Wildman–Crippen MR) is 52.1 cm³/mol. The lowest BCUT2D eigenvalue weighted by atomic mass is 10.3. The highest BCUT2D eigenvalue weighted by Gasteiger charge is 1.97. The van der Waals surface area contributed by atoms with E-state index in [1.807, 2.05) is 0 Å². The second kappa shape index (κ2) is 5.34. The second-order valence-electron chi connectivity index (χ2n) is 2.24. The quantitative estimate of drug-likeness (QED) is 0.579. The Labute approximate surface area is 82.1 Å². The van der Waals surface area contributed by atoms with Gasteiger partial charge in [-0.25, -0.2) is 0 Å². The van der Waals surface area contributed by atoms with Crippen LogP contribution in [0.3, 0.4) is 0 Å². The molecule has 0 saturated heterocycles. The summed E-state index contributed by atoms with van der Waals surface area (Å²) < 4.78 is 5.16. The monoisotopic (exact) mass is 196 g/mol. The van der Waals surface area contributed by atoms with E-state index in [0.29, 0.717) is 11.6 Å². The molecule has 0 aliphatic carbocycles. The van der Waals surface area contributed by atoms with Crippen molar-refractivity contribution < 1.29 is 9.84 Å². The minimum Gasteiger partial charge on any atom is -0.504 e. The van der Waals surface area contributed by atoms with Gasteiger partial charge in [0, 0.05) is 0 Å². The molecule has 0 amide bonds. The van der Waals surface area contributed by atoms with E-state index in [1.54, 1.807) is 24.3 Å². The van der Waals surface area contributed by atoms with Crippen molar-refractivity contribution in [2.75, 3.05) is 12.5 Å². The van der Waals surface area contributed by atoms with Crippen molar-refractivity contribution in [3.05, 3.63) is 24.3 Å². The lowest BCUT2D eigenvalue weighted by Crippen LogP contribution is -1.93. The van der Waals surface area contributed by atoms with Crippen LogP contribution in [0.25, 0.3) is 0 Å². The number of phenols is 1. The van der Waals surface area contributed by atoms with Gasteiger partial charge in [0.15, 0.2) is 11.5 Å². The van der Waals surface area contributed by atoms with Gasteiger partial charge in [-0.15, -0.1) is 11.6 Å². The Hall–Kier alpha value is -1.33. The molecule has 0 aliphatic heterocycles. The number of halogens is 1. The molecule has 0 spiro atoms. The molecule has 0 unspecified atom stereocenters. The van der Waals surface area contributed by atoms with Crippen molar-refractivity contribution in [3.63, 3.8) is 0 Å². The summed E-state index contributed by atoms with van der Waals surface area (Å²) in [7, 11) is 0. The highest BCUT2D eigenvalue weighted by Crippen LogP contribution is 2.23. The molecule has 13 heavy (non-hydrogen) atoms. The van der Waals surface area contributed by atoms with Gasteiger partial charge in [0.2, 0.25) is 0 Å². The zero-order valence-corrected chi connectivity index (χ0v) is 7.71. The topological polar surface area (TPSA) is 29.5 Å². The molecule has 2 nitrogen and oxygen atoms in total. The molecule has 3 heteroatoms. The fourth-order valence-electron chi connectivity index (χ4n) is 0.791. The Bertz CT molecular complexity index is 325. The Kier molecular flexibility index (Phi) is 4.01. The molecule has 0 fully saturated rings. The smallest absolute Gasteiger partial charge is 0.162 e. The number of para-hydroxylation sites is 2. The highest BCUT2D eigenvalue weighted by atomic mass is 35.5. The second-order valence-corrected chi connectivity index (χ2v) is 2.51. The Morgan fingerprint density at radius 3 is 2.77 bits per heavy atom. The average molecular weight is 197 g/mol. The number of hydrogen-bond donors (Lipinski definition) is 1. The Morgan fingerprint density at radius 1 is 1.31 bits per heavy atom. The van der Waals surface area contributed by atoms with Gasteiger partial charge in [0.05, 0.1) is 5.88 Å². The standard InChI is InChI=1S/C10H9ClO2/c11-7-3-4-8-13-10-6-2-1-5-9(10)12/h1-2,5-6,12H,7-8H2. The van der Waals surface area contributed by atoms with Crippen molar-refractivity contribution >= 4 is 11.6 Å². The third-order valence-electron chi connectivity index (χ3n) is 1.36. The summed E-state index contributed by atoms with van der Waals surface area (Å²) in [6, 6.07) is 6.75. The van der Waals surface area contributed by atoms with Crippen LogP contribution in [0, 0.1) is 11.8 Å². The third kappa shape index (κ3) is 3.27. The largest absolute Gasteiger partial charge is 0.504 e. The summed E-state index contributed by atoms with van der Waals surface area (Å²) in [4.78, 5) is 0. The molecule has 0 radical (unpaired) electrons. The van der Waals surface area contributed by atoms with E-state index < -0.39 is 0 Å². The molecule has 1 aromatic rings. The molecular formula is C10H9ClO2. The number of benzene rings is 1. The van der Waals surface area contributed by atoms with Gasteiger partial charge >= 0.3 is 0 Å². The van der Waals surface area contributed by atoms with Crippen LogP contribution < -0.4 is 4.74 Å². The molecule has 1 rings (SSSR count). The maximum Gasteiger partial charge on any atom is 0.162 e. The molecule has 0 saturated carbocycles. The minimum atomic E-state index is 0.121. The molecule has 0 bridgehead atoms. The Balaban J connectivity index is 2.50. The molecule has 0 heterocycles. The Morgan fingerprint density at radius 2 is 2.08 bits per heavy atom. The van der Waals surface area contributed by atoms with Gasteiger partial charge in [-0.1, -0.05) is 24.0 Å². The van der Waals surface area contributed by atoms with Gasteiger partial charge in [-0.3, -0.25) is 0 Å². The first kappa shape index (κ1) is 9.76. The van der Waals surface area contributed by atoms with Gasteiger partial charge in [-0.2, -0.15) is 0 Å². The fraction of sp³-hybridized carbons (Fsp3) is 0.200. The molecular weight excluding hydrogens is 188 g/mol. The van der Waals surface area contributed by atoms with E-state index in [-0.39, 0.29) is 12.4 Å². The van der Waals surface area contributed by atoms with E-state index in [0.717, 1.165) is 0 Å². The van der Waals surface area contributed by atoms with Crippen LogP contribution in [0.15, 0.2) is 24.3 Å². The van der Waals surface area contributed by atoms with Crippen molar-refractivity contribution in [1.29, 1.82) is 0 Å². The normalized spacial score (nSPS) is 8.69. The molecule has 0 aliphatic rings. The van der Waals surface area contributed by atoms with E-state index in [4.69, 9.17) is 16.3 Å². The number of aromatic hydroxyl groups is 1. The summed E-state index contributed by atoms with van der Waals surface area (Å²) in [6.45, 7) is 0.240. The van der Waals surface area contributed by atoms with Gasteiger partial charge in [0.25, 0.3) is 0 Å². The van der Waals surface area contributed by atoms with Crippen molar-refractivity contribution in [1.82, 2.24) is 0 Å². The van der Waals surface area contributed by atoms with E-state index in [2.05, 4.69) is 11.8 Å². The van der Waals surface area contributed by atoms with Crippen molar-refractivity contribution in [3.8, 4) is 23.3 Å². The zero-order valence-electron chi connectivity index (χ0n) is 6.96. The van der Waals surface area contributed by atoms with Crippen LogP contribution in [-0.4, -0.2) is 17.6 Å². The van der Waals surface area contributed by atoms with Crippen molar-refractivity contribution in [2.45, 2.75) is 0 Å². The van der Waals surface area contributed by atoms with Gasteiger partial charge in [-0.05, 0) is 12.1 Å². The summed E-state index contributed by atoms with van der Waals surface area (Å²) in [6.07, 6.45) is 0. The summed E-state index contributed by atoms with van der Waals surface area (Å²) >= 11 is 5.34. The maximum atomic E-state index is 9.27. The van der Waals surface area contributed by atoms with Crippen molar-refractivity contribution in [2.24, 2.45) is 0 Å². The minimum absolute atomic E-state index is 0.121. The third-order valence-corrected chi connectivity index (χ3v) is 1.49. The first-order chi connectivity index (χ1) is 6.34. The highest BCUT2D eigenvalue weighted by molar-refractivity contribution is 6.19. The van der Waals surface area contributed by atoms with E-state index >= 15 is 0 Å². The van der Waals surface area contributed by atoms with Crippen LogP contribution in [0.5, 0.6) is 11.5 Å². The number of rotatable bonds is 2. The molecule has 0 atom stereocenters. The van der Waals surface area contributed by atoms with Crippen LogP contribution in [0.4, 0.5) is 0 Å².